The van der Waals surface area contributed by atoms with Crippen molar-refractivity contribution in [1.29, 1.82) is 0 Å². The van der Waals surface area contributed by atoms with Crippen LogP contribution in [0.25, 0.3) is 11.1 Å². The maximum atomic E-state index is 13.9. The van der Waals surface area contributed by atoms with E-state index in [0.717, 1.165) is 16.9 Å². The molecular weight excluding hydrogens is 433 g/mol. The zero-order chi connectivity index (χ0) is 23.0. The molecule has 0 saturated heterocycles. The monoisotopic (exact) mass is 455 g/mol. The van der Waals surface area contributed by atoms with Crippen molar-refractivity contribution < 1.29 is 28.6 Å². The first-order valence-electron chi connectivity index (χ1n) is 10.1. The van der Waals surface area contributed by atoms with Crippen LogP contribution in [0.2, 0.25) is 0 Å². The standard InChI is InChI=1S/C24H22FNO5S/c1-12(2)31-21-15(8-5-9-17(21)30-3)16-11-18(27)26-20-19(13-6-4-7-14(25)10-13)23(24(28)29)32-22(16)20/h4-10,12,16H,11H2,1-3H3,(H,26,27)(H,28,29)/t16-/m1/s1. The maximum Gasteiger partial charge on any atom is 0.346 e. The van der Waals surface area contributed by atoms with Crippen LogP contribution in [0.4, 0.5) is 10.1 Å². The van der Waals surface area contributed by atoms with Crippen molar-refractivity contribution in [2.45, 2.75) is 32.3 Å². The molecule has 3 aromatic rings. The second-order valence-electron chi connectivity index (χ2n) is 7.71. The van der Waals surface area contributed by atoms with Gasteiger partial charge in [-0.15, -0.1) is 11.3 Å². The Bertz CT molecular complexity index is 1200. The predicted molar refractivity (Wildman–Crippen MR) is 121 cm³/mol. The van der Waals surface area contributed by atoms with Crippen molar-refractivity contribution in [1.82, 2.24) is 0 Å². The molecule has 2 heterocycles. The molecule has 0 fully saturated rings. The van der Waals surface area contributed by atoms with E-state index in [1.165, 1.54) is 18.2 Å². The van der Waals surface area contributed by atoms with Crippen molar-refractivity contribution >= 4 is 28.9 Å². The number of fused-ring (bicyclic) bond motifs is 1. The Morgan fingerprint density at radius 3 is 2.66 bits per heavy atom. The molecule has 0 bridgehead atoms. The smallest absolute Gasteiger partial charge is 0.346 e. The number of aromatic carboxylic acids is 1. The molecule has 8 heteroatoms. The molecule has 0 unspecified atom stereocenters. The van der Waals surface area contributed by atoms with Crippen LogP contribution in [0.1, 0.15) is 46.3 Å². The van der Waals surface area contributed by atoms with Crippen LogP contribution in [0, 0.1) is 5.82 Å². The largest absolute Gasteiger partial charge is 0.493 e. The number of hydrogen-bond donors (Lipinski definition) is 2. The second kappa shape index (κ2) is 8.63. The van der Waals surface area contributed by atoms with Gasteiger partial charge in [0.05, 0.1) is 18.9 Å². The Hall–Kier alpha value is -3.39. The topological polar surface area (TPSA) is 84.9 Å². The first-order valence-corrected chi connectivity index (χ1v) is 10.9. The SMILES string of the molecule is COc1cccc([C@H]2CC(=O)Nc3c2sc(C(=O)O)c3-c2cccc(F)c2)c1OC(C)C. The summed E-state index contributed by atoms with van der Waals surface area (Å²) in [5.41, 5.74) is 1.84. The number of methoxy groups -OCH3 is 1. The van der Waals surface area contributed by atoms with Crippen molar-refractivity contribution in [3.63, 3.8) is 0 Å². The number of halogens is 1. The number of carboxylic acid groups (broad SMARTS) is 1. The molecule has 1 atom stereocenters. The fourth-order valence-electron chi connectivity index (χ4n) is 3.94. The molecule has 6 nitrogen and oxygen atoms in total. The van der Waals surface area contributed by atoms with Gasteiger partial charge in [-0.2, -0.15) is 0 Å². The summed E-state index contributed by atoms with van der Waals surface area (Å²) in [4.78, 5) is 25.5. The molecule has 0 radical (unpaired) electrons. The highest BCUT2D eigenvalue weighted by Gasteiger charge is 2.36. The summed E-state index contributed by atoms with van der Waals surface area (Å²) in [6.07, 6.45) is -0.0146. The highest BCUT2D eigenvalue weighted by Crippen LogP contribution is 2.52. The van der Waals surface area contributed by atoms with Gasteiger partial charge in [0.1, 0.15) is 10.7 Å². The number of carbonyl (C=O) groups is 2. The van der Waals surface area contributed by atoms with Crippen LogP contribution in [0.5, 0.6) is 11.5 Å². The van der Waals surface area contributed by atoms with Crippen LogP contribution in [-0.2, 0) is 4.79 Å². The fourth-order valence-corrected chi connectivity index (χ4v) is 5.17. The van der Waals surface area contributed by atoms with Gasteiger partial charge in [0.2, 0.25) is 5.91 Å². The van der Waals surface area contributed by atoms with E-state index in [1.807, 2.05) is 26.0 Å². The number of hydrogen-bond acceptors (Lipinski definition) is 5. The van der Waals surface area contributed by atoms with Gasteiger partial charge >= 0.3 is 5.97 Å². The molecule has 1 aliphatic heterocycles. The highest BCUT2D eigenvalue weighted by atomic mass is 32.1. The summed E-state index contributed by atoms with van der Waals surface area (Å²) >= 11 is 1.08. The fraction of sp³-hybridized carbons (Fsp3) is 0.250. The number of benzene rings is 2. The summed E-state index contributed by atoms with van der Waals surface area (Å²) in [5.74, 6) is -1.27. The lowest BCUT2D eigenvalue weighted by atomic mass is 9.88. The molecule has 2 aromatic carbocycles. The Kier molecular flexibility index (Phi) is 5.88. The lowest BCUT2D eigenvalue weighted by Crippen LogP contribution is -2.23. The minimum Gasteiger partial charge on any atom is -0.493 e. The summed E-state index contributed by atoms with van der Waals surface area (Å²) in [6, 6.07) is 11.1. The number of rotatable bonds is 6. The van der Waals surface area contributed by atoms with Crippen LogP contribution in [-0.4, -0.2) is 30.2 Å². The van der Waals surface area contributed by atoms with Gasteiger partial charge in [-0.25, -0.2) is 9.18 Å². The molecule has 2 N–H and O–H groups in total. The number of anilines is 1. The minimum absolute atomic E-state index is 0.0435. The normalized spacial score (nSPS) is 15.3. The van der Waals surface area contributed by atoms with Crippen LogP contribution >= 0.6 is 11.3 Å². The van der Waals surface area contributed by atoms with Crippen LogP contribution in [0.3, 0.4) is 0 Å². The molecule has 0 spiro atoms. The van der Waals surface area contributed by atoms with E-state index in [9.17, 15) is 19.1 Å². The quantitative estimate of drug-likeness (QED) is 0.511. The first kappa shape index (κ1) is 21.8. The second-order valence-corrected chi connectivity index (χ2v) is 8.76. The number of carboxylic acids is 1. The Morgan fingerprint density at radius 2 is 2.00 bits per heavy atom. The van der Waals surface area contributed by atoms with E-state index in [0.29, 0.717) is 33.2 Å². The molecule has 1 aliphatic rings. The van der Waals surface area contributed by atoms with Gasteiger partial charge in [-0.3, -0.25) is 4.79 Å². The molecule has 1 aromatic heterocycles. The molecule has 1 amide bonds. The third-order valence-corrected chi connectivity index (χ3v) is 6.46. The van der Waals surface area contributed by atoms with E-state index in [-0.39, 0.29) is 23.3 Å². The number of nitrogens with one attached hydrogen (secondary N) is 1. The number of ether oxygens (including phenoxy) is 2. The average Bonchev–Trinajstić information content (AvgIpc) is 3.12. The number of amides is 1. The van der Waals surface area contributed by atoms with Crippen molar-refractivity contribution in [3.05, 3.63) is 63.6 Å². The summed E-state index contributed by atoms with van der Waals surface area (Å²) < 4.78 is 25.5. The third kappa shape index (κ3) is 3.93. The lowest BCUT2D eigenvalue weighted by molar-refractivity contribution is -0.116. The lowest BCUT2D eigenvalue weighted by Gasteiger charge is -2.27. The van der Waals surface area contributed by atoms with Gasteiger partial charge in [0, 0.05) is 28.3 Å². The highest BCUT2D eigenvalue weighted by molar-refractivity contribution is 7.15. The molecule has 166 valence electrons. The maximum absolute atomic E-state index is 13.9. The summed E-state index contributed by atoms with van der Waals surface area (Å²) in [6.45, 7) is 3.79. The first-order chi connectivity index (χ1) is 15.3. The average molecular weight is 456 g/mol. The van der Waals surface area contributed by atoms with E-state index < -0.39 is 17.7 Å². The molecule has 0 aliphatic carbocycles. The zero-order valence-corrected chi connectivity index (χ0v) is 18.6. The Labute approximate surface area is 188 Å². The Balaban J connectivity index is 1.95. The van der Waals surface area contributed by atoms with Gasteiger partial charge in [0.25, 0.3) is 0 Å². The van der Waals surface area contributed by atoms with Gasteiger partial charge < -0.3 is 19.9 Å². The van der Waals surface area contributed by atoms with Crippen LogP contribution < -0.4 is 14.8 Å². The molecule has 32 heavy (non-hydrogen) atoms. The summed E-state index contributed by atoms with van der Waals surface area (Å²) in [7, 11) is 1.54. The van der Waals surface area contributed by atoms with Crippen molar-refractivity contribution in [3.8, 4) is 22.6 Å². The number of carbonyl (C=O) groups excluding carboxylic acids is 1. The van der Waals surface area contributed by atoms with Crippen molar-refractivity contribution in [2.24, 2.45) is 0 Å². The van der Waals surface area contributed by atoms with Gasteiger partial charge in [-0.1, -0.05) is 24.3 Å². The molecular formula is C24H22FNO5S. The minimum atomic E-state index is -1.14. The van der Waals surface area contributed by atoms with Gasteiger partial charge in [0.15, 0.2) is 11.5 Å². The molecule has 0 saturated carbocycles. The zero-order valence-electron chi connectivity index (χ0n) is 17.8. The number of thiophene rings is 1. The van der Waals surface area contributed by atoms with Crippen molar-refractivity contribution in [2.75, 3.05) is 12.4 Å². The predicted octanol–water partition coefficient (Wildman–Crippen LogP) is 5.52. The third-order valence-electron chi connectivity index (χ3n) is 5.17. The molecule has 4 rings (SSSR count). The van der Waals surface area contributed by atoms with Crippen LogP contribution in [0.15, 0.2) is 42.5 Å². The van der Waals surface area contributed by atoms with Gasteiger partial charge in [-0.05, 0) is 37.6 Å². The van der Waals surface area contributed by atoms with E-state index in [4.69, 9.17) is 9.47 Å². The van der Waals surface area contributed by atoms with E-state index >= 15 is 0 Å². The van der Waals surface area contributed by atoms with E-state index in [1.54, 1.807) is 19.2 Å². The Morgan fingerprint density at radius 1 is 1.25 bits per heavy atom. The number of para-hydroxylation sites is 1. The summed E-state index contributed by atoms with van der Waals surface area (Å²) in [5, 5.41) is 12.7. The van der Waals surface area contributed by atoms with E-state index in [2.05, 4.69) is 5.32 Å².